The number of nitrogens with one attached hydrogen (secondary N) is 1. The van der Waals surface area contributed by atoms with E-state index in [-0.39, 0.29) is 12.5 Å². The molecule has 5 heteroatoms. The van der Waals surface area contributed by atoms with E-state index >= 15 is 0 Å². The van der Waals surface area contributed by atoms with Gasteiger partial charge in [-0.15, -0.1) is 0 Å². The molecule has 0 aromatic heterocycles. The molecule has 1 amide bonds. The molecule has 27 heavy (non-hydrogen) atoms. The fraction of sp³-hybridized carbons (Fsp3) is 0.409. The molecule has 1 N–H and O–H groups in total. The molecule has 0 heterocycles. The van der Waals surface area contributed by atoms with Crippen molar-refractivity contribution in [2.45, 2.75) is 46.0 Å². The van der Waals surface area contributed by atoms with Gasteiger partial charge in [-0.2, -0.15) is 0 Å². The van der Waals surface area contributed by atoms with Crippen LogP contribution in [0.2, 0.25) is 0 Å². The number of carbonyl (C=O) groups is 1. The van der Waals surface area contributed by atoms with E-state index in [1.54, 1.807) is 0 Å². The smallest absolute Gasteiger partial charge is 0.262 e. The number of carbonyl (C=O) groups excluding carboxylic acids is 1. The lowest BCUT2D eigenvalue weighted by Crippen LogP contribution is -2.20. The number of benzene rings is 2. The molecule has 2 aromatic carbocycles. The van der Waals surface area contributed by atoms with Crippen molar-refractivity contribution in [3.05, 3.63) is 52.5 Å². The maximum atomic E-state index is 12.2. The summed E-state index contributed by atoms with van der Waals surface area (Å²) in [5, 5.41) is 2.85. The molecule has 4 nitrogen and oxygen atoms in total. The van der Waals surface area contributed by atoms with Gasteiger partial charge in [0.15, 0.2) is 6.61 Å². The predicted octanol–water partition coefficient (Wildman–Crippen LogP) is 6.16. The monoisotopic (exact) mass is 433 g/mol. The summed E-state index contributed by atoms with van der Waals surface area (Å²) in [6, 6.07) is 13.2. The van der Waals surface area contributed by atoms with Crippen LogP contribution < -0.4 is 14.8 Å². The van der Waals surface area contributed by atoms with Crippen LogP contribution in [0.15, 0.2) is 46.9 Å². The third kappa shape index (κ3) is 7.25. The van der Waals surface area contributed by atoms with E-state index in [2.05, 4.69) is 42.0 Å². The highest BCUT2D eigenvalue weighted by Gasteiger charge is 2.11. The molecule has 0 bridgehead atoms. The van der Waals surface area contributed by atoms with Crippen LogP contribution in [0.5, 0.6) is 11.5 Å². The van der Waals surface area contributed by atoms with Crippen LogP contribution in [0.4, 0.5) is 5.69 Å². The average Bonchev–Trinajstić information content (AvgIpc) is 2.65. The van der Waals surface area contributed by atoms with Crippen LogP contribution >= 0.6 is 15.9 Å². The molecule has 0 aliphatic rings. The Morgan fingerprint density at radius 3 is 2.48 bits per heavy atom. The number of halogens is 1. The zero-order valence-corrected chi connectivity index (χ0v) is 17.8. The number of amides is 1. The summed E-state index contributed by atoms with van der Waals surface area (Å²) in [5.74, 6) is 1.67. The largest absolute Gasteiger partial charge is 0.494 e. The molecule has 0 unspecified atom stereocenters. The number of anilines is 1. The molecular formula is C22H28BrNO3. The highest BCUT2D eigenvalue weighted by atomic mass is 79.9. The first kappa shape index (κ1) is 21.3. The second kappa shape index (κ2) is 11.0. The van der Waals surface area contributed by atoms with Crippen molar-refractivity contribution >= 4 is 27.5 Å². The van der Waals surface area contributed by atoms with E-state index in [1.807, 2.05) is 42.5 Å². The zero-order chi connectivity index (χ0) is 19.6. The molecule has 2 rings (SSSR count). The highest BCUT2D eigenvalue weighted by molar-refractivity contribution is 9.10. The molecule has 0 radical (unpaired) electrons. The third-order valence-corrected chi connectivity index (χ3v) is 4.60. The Morgan fingerprint density at radius 1 is 1.07 bits per heavy atom. The SMILES string of the molecule is CCCCCOc1ccc(NC(=O)COc2ccc(Br)cc2C(C)C)cc1. The molecule has 0 aliphatic heterocycles. The molecule has 0 atom stereocenters. The van der Waals surface area contributed by atoms with Gasteiger partial charge < -0.3 is 14.8 Å². The van der Waals surface area contributed by atoms with Gasteiger partial charge in [-0.1, -0.05) is 49.5 Å². The van der Waals surface area contributed by atoms with E-state index < -0.39 is 0 Å². The Balaban J connectivity index is 1.84. The summed E-state index contributed by atoms with van der Waals surface area (Å²) >= 11 is 3.47. The number of unbranched alkanes of at least 4 members (excludes halogenated alkanes) is 2. The van der Waals surface area contributed by atoms with Gasteiger partial charge in [-0.05, 0) is 60.4 Å². The minimum Gasteiger partial charge on any atom is -0.494 e. The van der Waals surface area contributed by atoms with Gasteiger partial charge in [-0.3, -0.25) is 4.79 Å². The van der Waals surface area contributed by atoms with E-state index in [1.165, 1.54) is 12.8 Å². The topological polar surface area (TPSA) is 47.6 Å². The molecule has 146 valence electrons. The van der Waals surface area contributed by atoms with Crippen LogP contribution in [-0.2, 0) is 4.79 Å². The Labute approximate surface area is 170 Å². The molecule has 0 spiro atoms. The van der Waals surface area contributed by atoms with Crippen LogP contribution in [-0.4, -0.2) is 19.1 Å². The van der Waals surface area contributed by atoms with Crippen molar-refractivity contribution < 1.29 is 14.3 Å². The Morgan fingerprint density at radius 2 is 1.81 bits per heavy atom. The van der Waals surface area contributed by atoms with E-state index in [0.717, 1.165) is 40.3 Å². The van der Waals surface area contributed by atoms with Crippen LogP contribution in [0.1, 0.15) is 51.5 Å². The summed E-state index contributed by atoms with van der Waals surface area (Å²) in [6.45, 7) is 7.05. The van der Waals surface area contributed by atoms with Crippen molar-refractivity contribution in [3.8, 4) is 11.5 Å². The zero-order valence-electron chi connectivity index (χ0n) is 16.3. The minimum absolute atomic E-state index is 0.0311. The van der Waals surface area contributed by atoms with Gasteiger partial charge in [0.25, 0.3) is 5.91 Å². The number of rotatable bonds is 10. The lowest BCUT2D eigenvalue weighted by Gasteiger charge is -2.14. The van der Waals surface area contributed by atoms with Gasteiger partial charge in [0.05, 0.1) is 6.61 Å². The summed E-state index contributed by atoms with van der Waals surface area (Å²) in [6.07, 6.45) is 3.40. The number of hydrogen-bond acceptors (Lipinski definition) is 3. The van der Waals surface area contributed by atoms with E-state index in [9.17, 15) is 4.79 Å². The van der Waals surface area contributed by atoms with Crippen LogP contribution in [0.25, 0.3) is 0 Å². The number of hydrogen-bond donors (Lipinski definition) is 1. The van der Waals surface area contributed by atoms with Crippen LogP contribution in [0, 0.1) is 0 Å². The molecule has 2 aromatic rings. The highest BCUT2D eigenvalue weighted by Crippen LogP contribution is 2.29. The standard InChI is InChI=1S/C22H28BrNO3/c1-4-5-6-13-26-19-10-8-18(9-11-19)24-22(25)15-27-21-12-7-17(23)14-20(21)16(2)3/h7-12,14,16H,4-6,13,15H2,1-3H3,(H,24,25). The molecular weight excluding hydrogens is 406 g/mol. The fourth-order valence-electron chi connectivity index (χ4n) is 2.62. The molecule has 0 saturated carbocycles. The van der Waals surface area contributed by atoms with Gasteiger partial charge in [-0.25, -0.2) is 0 Å². The van der Waals surface area contributed by atoms with Gasteiger partial charge in [0.1, 0.15) is 11.5 Å². The summed E-state index contributed by atoms with van der Waals surface area (Å²) in [4.78, 5) is 12.2. The Bertz CT molecular complexity index is 729. The maximum absolute atomic E-state index is 12.2. The minimum atomic E-state index is -0.191. The summed E-state index contributed by atoms with van der Waals surface area (Å²) in [7, 11) is 0. The first-order chi connectivity index (χ1) is 13.0. The lowest BCUT2D eigenvalue weighted by molar-refractivity contribution is -0.118. The normalized spacial score (nSPS) is 10.7. The van der Waals surface area contributed by atoms with E-state index in [4.69, 9.17) is 9.47 Å². The van der Waals surface area contributed by atoms with Gasteiger partial charge in [0.2, 0.25) is 0 Å². The first-order valence-corrected chi connectivity index (χ1v) is 10.2. The maximum Gasteiger partial charge on any atom is 0.262 e. The Hall–Kier alpha value is -2.01. The predicted molar refractivity (Wildman–Crippen MR) is 114 cm³/mol. The third-order valence-electron chi connectivity index (χ3n) is 4.11. The van der Waals surface area contributed by atoms with Crippen molar-refractivity contribution in [3.63, 3.8) is 0 Å². The molecule has 0 aliphatic carbocycles. The van der Waals surface area contributed by atoms with E-state index in [0.29, 0.717) is 5.92 Å². The van der Waals surface area contributed by atoms with Crippen molar-refractivity contribution in [2.24, 2.45) is 0 Å². The number of ether oxygens (including phenoxy) is 2. The van der Waals surface area contributed by atoms with Gasteiger partial charge in [0, 0.05) is 10.2 Å². The second-order valence-electron chi connectivity index (χ2n) is 6.75. The summed E-state index contributed by atoms with van der Waals surface area (Å²) in [5.41, 5.74) is 1.80. The van der Waals surface area contributed by atoms with Crippen molar-refractivity contribution in [2.75, 3.05) is 18.5 Å². The first-order valence-electron chi connectivity index (χ1n) is 9.44. The average molecular weight is 434 g/mol. The quantitative estimate of drug-likeness (QED) is 0.456. The molecule has 0 fully saturated rings. The second-order valence-corrected chi connectivity index (χ2v) is 7.67. The fourth-order valence-corrected chi connectivity index (χ4v) is 3.00. The van der Waals surface area contributed by atoms with Gasteiger partial charge >= 0.3 is 0 Å². The van der Waals surface area contributed by atoms with Crippen LogP contribution in [0.3, 0.4) is 0 Å². The lowest BCUT2D eigenvalue weighted by atomic mass is 10.0. The van der Waals surface area contributed by atoms with Crippen molar-refractivity contribution in [1.29, 1.82) is 0 Å². The molecule has 0 saturated heterocycles. The Kier molecular flexibility index (Phi) is 8.65. The van der Waals surface area contributed by atoms with Crippen molar-refractivity contribution in [1.82, 2.24) is 0 Å². The summed E-state index contributed by atoms with van der Waals surface area (Å²) < 4.78 is 12.4.